The molecule has 112 valence electrons. The van der Waals surface area contributed by atoms with Crippen LogP contribution >= 0.6 is 0 Å². The van der Waals surface area contributed by atoms with Gasteiger partial charge in [0, 0.05) is 25.8 Å². The van der Waals surface area contributed by atoms with E-state index in [9.17, 15) is 4.79 Å². The average Bonchev–Trinajstić information content (AvgIpc) is 2.50. The Balaban J connectivity index is 2.76. The average molecular weight is 278 g/mol. The van der Waals surface area contributed by atoms with Gasteiger partial charge in [-0.2, -0.15) is 0 Å². The van der Waals surface area contributed by atoms with Crippen molar-refractivity contribution in [2.45, 2.75) is 26.8 Å². The van der Waals surface area contributed by atoms with Crippen molar-refractivity contribution in [3.05, 3.63) is 36.1 Å². The molecule has 1 rings (SSSR count). The van der Waals surface area contributed by atoms with Crippen LogP contribution < -0.4 is 0 Å². The van der Waals surface area contributed by atoms with E-state index in [1.54, 1.807) is 4.90 Å². The van der Waals surface area contributed by atoms with Crippen LogP contribution in [0, 0.1) is 0 Å². The smallest absolute Gasteiger partial charge is 0.243 e. The predicted molar refractivity (Wildman–Crippen MR) is 82.3 cm³/mol. The lowest BCUT2D eigenvalue weighted by Crippen LogP contribution is -2.49. The predicted octanol–water partition coefficient (Wildman–Crippen LogP) is 2.20. The van der Waals surface area contributed by atoms with Crippen LogP contribution in [0.2, 0.25) is 0 Å². The first-order valence-corrected chi connectivity index (χ1v) is 7.16. The topological polar surface area (TPSA) is 32.8 Å². The van der Waals surface area contributed by atoms with E-state index < -0.39 is 0 Å². The molecule has 20 heavy (non-hydrogen) atoms. The summed E-state index contributed by atoms with van der Waals surface area (Å²) in [7, 11) is 1.83. The number of hydrogen-bond acceptors (Lipinski definition) is 3. The van der Waals surface area contributed by atoms with Gasteiger partial charge in [-0.1, -0.05) is 18.2 Å². The number of amides is 1. The highest BCUT2D eigenvalue weighted by Gasteiger charge is 2.26. The van der Waals surface area contributed by atoms with Crippen molar-refractivity contribution in [2.75, 3.05) is 33.4 Å². The molecule has 1 saturated heterocycles. The van der Waals surface area contributed by atoms with Gasteiger partial charge in [-0.25, -0.2) is 0 Å². The Hall–Kier alpha value is -1.39. The van der Waals surface area contributed by atoms with Crippen molar-refractivity contribution in [1.29, 1.82) is 0 Å². The largest absolute Gasteiger partial charge is 0.379 e. The van der Waals surface area contributed by atoms with Gasteiger partial charge < -0.3 is 9.64 Å². The van der Waals surface area contributed by atoms with Gasteiger partial charge in [0.2, 0.25) is 5.91 Å². The molecule has 4 heteroatoms. The first-order chi connectivity index (χ1) is 9.61. The number of rotatable bonds is 5. The first-order valence-electron chi connectivity index (χ1n) is 7.16. The molecule has 1 amide bonds. The molecule has 0 aromatic carbocycles. The maximum Gasteiger partial charge on any atom is 0.243 e. The van der Waals surface area contributed by atoms with Crippen LogP contribution in [0.4, 0.5) is 0 Å². The van der Waals surface area contributed by atoms with Crippen LogP contribution in [0.5, 0.6) is 0 Å². The highest BCUT2D eigenvalue weighted by molar-refractivity contribution is 5.83. The zero-order valence-electron chi connectivity index (χ0n) is 13.0. The van der Waals surface area contributed by atoms with Gasteiger partial charge in [-0.3, -0.25) is 9.69 Å². The molecule has 0 N–H and O–H groups in total. The first kappa shape index (κ1) is 16.7. The Labute approximate surface area is 122 Å². The minimum absolute atomic E-state index is 0.112. The SMILES string of the molecule is CC=CC=C(C=CC)N(C)C(=O)C(C)N1CCOCC1. The van der Waals surface area contributed by atoms with E-state index >= 15 is 0 Å². The molecule has 1 heterocycles. The molecule has 0 bridgehead atoms. The zero-order chi connectivity index (χ0) is 15.0. The fraction of sp³-hybridized carbons (Fsp3) is 0.562. The molecule has 1 unspecified atom stereocenters. The number of hydrogen-bond donors (Lipinski definition) is 0. The number of allylic oxidation sites excluding steroid dienone is 5. The highest BCUT2D eigenvalue weighted by atomic mass is 16.5. The quantitative estimate of drug-likeness (QED) is 0.723. The fourth-order valence-corrected chi connectivity index (χ4v) is 2.17. The summed E-state index contributed by atoms with van der Waals surface area (Å²) >= 11 is 0. The van der Waals surface area contributed by atoms with E-state index in [0.29, 0.717) is 13.2 Å². The molecular formula is C16H26N2O2. The summed E-state index contributed by atoms with van der Waals surface area (Å²) in [6.45, 7) is 8.92. The number of carbonyl (C=O) groups is 1. The second-order valence-electron chi connectivity index (χ2n) is 4.84. The van der Waals surface area contributed by atoms with E-state index in [0.717, 1.165) is 18.8 Å². The van der Waals surface area contributed by atoms with Gasteiger partial charge in [0.05, 0.1) is 19.3 Å². The van der Waals surface area contributed by atoms with Crippen LogP contribution in [0.1, 0.15) is 20.8 Å². The van der Waals surface area contributed by atoms with Crippen molar-refractivity contribution >= 4 is 5.91 Å². The summed E-state index contributed by atoms with van der Waals surface area (Å²) in [4.78, 5) is 16.5. The molecule has 0 aliphatic carbocycles. The third kappa shape index (κ3) is 4.62. The number of carbonyl (C=O) groups excluding carboxylic acids is 1. The van der Waals surface area contributed by atoms with E-state index in [1.165, 1.54) is 0 Å². The van der Waals surface area contributed by atoms with Crippen molar-refractivity contribution in [1.82, 2.24) is 9.80 Å². The molecule has 1 aliphatic heterocycles. The molecule has 0 spiro atoms. The second kappa shape index (κ2) is 8.72. The standard InChI is InChI=1S/C16H26N2O2/c1-5-7-9-15(8-6-2)17(4)16(19)14(3)18-10-12-20-13-11-18/h5-9,14H,10-13H2,1-4H3. The molecule has 1 aliphatic rings. The van der Waals surface area contributed by atoms with Crippen LogP contribution in [-0.4, -0.2) is 55.1 Å². The number of ether oxygens (including phenoxy) is 1. The lowest BCUT2D eigenvalue weighted by atomic mass is 10.2. The fourth-order valence-electron chi connectivity index (χ4n) is 2.17. The number of likely N-dealkylation sites (N-methyl/N-ethyl adjacent to an activating group) is 1. The molecule has 0 aromatic heterocycles. The normalized spacial score (nSPS) is 19.7. The molecule has 4 nitrogen and oxygen atoms in total. The lowest BCUT2D eigenvalue weighted by Gasteiger charge is -2.33. The Morgan fingerprint density at radius 3 is 2.45 bits per heavy atom. The van der Waals surface area contributed by atoms with Gasteiger partial charge in [0.25, 0.3) is 0 Å². The molecule has 1 atom stereocenters. The summed E-state index contributed by atoms with van der Waals surface area (Å²) in [6, 6.07) is -0.122. The maximum atomic E-state index is 12.6. The monoisotopic (exact) mass is 278 g/mol. The van der Waals surface area contributed by atoms with Crippen LogP contribution in [0.3, 0.4) is 0 Å². The van der Waals surface area contributed by atoms with Gasteiger partial charge in [-0.05, 0) is 32.9 Å². The number of morpholine rings is 1. The molecule has 0 radical (unpaired) electrons. The van der Waals surface area contributed by atoms with Crippen molar-refractivity contribution < 1.29 is 9.53 Å². The van der Waals surface area contributed by atoms with E-state index in [4.69, 9.17) is 4.74 Å². The van der Waals surface area contributed by atoms with Crippen molar-refractivity contribution in [3.8, 4) is 0 Å². The third-order valence-electron chi connectivity index (χ3n) is 3.47. The van der Waals surface area contributed by atoms with Gasteiger partial charge in [-0.15, -0.1) is 0 Å². The summed E-state index contributed by atoms with van der Waals surface area (Å²) in [5.41, 5.74) is 0.899. The highest BCUT2D eigenvalue weighted by Crippen LogP contribution is 2.11. The van der Waals surface area contributed by atoms with E-state index in [1.807, 2.05) is 58.2 Å². The van der Waals surface area contributed by atoms with Crippen molar-refractivity contribution in [2.24, 2.45) is 0 Å². The second-order valence-corrected chi connectivity index (χ2v) is 4.84. The summed E-state index contributed by atoms with van der Waals surface area (Å²) < 4.78 is 5.33. The lowest BCUT2D eigenvalue weighted by molar-refractivity contribution is -0.134. The summed E-state index contributed by atoms with van der Waals surface area (Å²) in [5.74, 6) is 0.112. The van der Waals surface area contributed by atoms with E-state index in [2.05, 4.69) is 4.90 Å². The van der Waals surface area contributed by atoms with Gasteiger partial charge in [0.1, 0.15) is 0 Å². The third-order valence-corrected chi connectivity index (χ3v) is 3.47. The Morgan fingerprint density at radius 2 is 1.90 bits per heavy atom. The summed E-state index contributed by atoms with van der Waals surface area (Å²) in [6.07, 6.45) is 9.73. The molecule has 0 saturated carbocycles. The maximum absolute atomic E-state index is 12.6. The van der Waals surface area contributed by atoms with Crippen LogP contribution in [0.15, 0.2) is 36.1 Å². The van der Waals surface area contributed by atoms with Crippen LogP contribution in [-0.2, 0) is 9.53 Å². The number of nitrogens with zero attached hydrogens (tertiary/aromatic N) is 2. The van der Waals surface area contributed by atoms with Gasteiger partial charge >= 0.3 is 0 Å². The van der Waals surface area contributed by atoms with E-state index in [-0.39, 0.29) is 11.9 Å². The molecule has 1 fully saturated rings. The molecule has 0 aromatic rings. The Kier molecular flexibility index (Phi) is 7.26. The molecular weight excluding hydrogens is 252 g/mol. The van der Waals surface area contributed by atoms with Crippen LogP contribution in [0.25, 0.3) is 0 Å². The minimum Gasteiger partial charge on any atom is -0.379 e. The Bertz CT molecular complexity index is 393. The van der Waals surface area contributed by atoms with Crippen molar-refractivity contribution in [3.63, 3.8) is 0 Å². The minimum atomic E-state index is -0.122. The zero-order valence-corrected chi connectivity index (χ0v) is 13.0. The Morgan fingerprint density at radius 1 is 1.25 bits per heavy atom. The van der Waals surface area contributed by atoms with Gasteiger partial charge in [0.15, 0.2) is 0 Å². The summed E-state index contributed by atoms with van der Waals surface area (Å²) in [5, 5.41) is 0.